The summed E-state index contributed by atoms with van der Waals surface area (Å²) in [6, 6.07) is 2.92. The summed E-state index contributed by atoms with van der Waals surface area (Å²) in [6.45, 7) is 1.85. The van der Waals surface area contributed by atoms with Gasteiger partial charge in [0.05, 0.1) is 25.3 Å². The van der Waals surface area contributed by atoms with Gasteiger partial charge in [0.25, 0.3) is 0 Å². The predicted molar refractivity (Wildman–Crippen MR) is 82.7 cm³/mol. The van der Waals surface area contributed by atoms with E-state index in [0.29, 0.717) is 5.13 Å². The van der Waals surface area contributed by atoms with Crippen LogP contribution in [-0.2, 0) is 9.53 Å². The van der Waals surface area contributed by atoms with E-state index in [4.69, 9.17) is 0 Å². The fraction of sp³-hybridized carbons (Fsp3) is 0.308. The van der Waals surface area contributed by atoms with Gasteiger partial charge in [-0.3, -0.25) is 10.1 Å². The number of urea groups is 1. The molecule has 0 radical (unpaired) electrons. The molecular weight excluding hydrogens is 310 g/mol. The van der Waals surface area contributed by atoms with E-state index in [0.717, 1.165) is 10.6 Å². The molecule has 6 nitrogen and oxygen atoms in total. The Morgan fingerprint density at radius 1 is 1.43 bits per heavy atom. The number of nitrogens with zero attached hydrogens (tertiary/aromatic N) is 1. The molecule has 2 heterocycles. The van der Waals surface area contributed by atoms with E-state index >= 15 is 0 Å². The van der Waals surface area contributed by atoms with Gasteiger partial charge in [-0.1, -0.05) is 6.07 Å². The van der Waals surface area contributed by atoms with Gasteiger partial charge < -0.3 is 10.1 Å². The number of nitrogens with one attached hydrogen (secondary N) is 2. The molecule has 2 aromatic heterocycles. The summed E-state index contributed by atoms with van der Waals surface area (Å²) in [5.41, 5.74) is 0.847. The van der Waals surface area contributed by atoms with Crippen molar-refractivity contribution in [1.29, 1.82) is 0 Å². The number of aromatic nitrogens is 1. The van der Waals surface area contributed by atoms with Crippen molar-refractivity contribution in [2.24, 2.45) is 0 Å². The molecule has 8 heteroatoms. The largest absolute Gasteiger partial charge is 0.469 e. The zero-order chi connectivity index (χ0) is 15.2. The number of hydrogen-bond donors (Lipinski definition) is 2. The molecule has 2 amide bonds. The summed E-state index contributed by atoms with van der Waals surface area (Å²) in [5.74, 6) is -0.376. The van der Waals surface area contributed by atoms with Crippen LogP contribution >= 0.6 is 22.7 Å². The van der Waals surface area contributed by atoms with Crippen molar-refractivity contribution in [2.45, 2.75) is 19.4 Å². The van der Waals surface area contributed by atoms with Crippen molar-refractivity contribution in [3.8, 4) is 0 Å². The lowest BCUT2D eigenvalue weighted by Crippen LogP contribution is -2.33. The van der Waals surface area contributed by atoms with Crippen LogP contribution in [0.15, 0.2) is 22.9 Å². The minimum Gasteiger partial charge on any atom is -0.469 e. The highest BCUT2D eigenvalue weighted by Gasteiger charge is 2.20. The number of carbonyl (C=O) groups is 2. The third kappa shape index (κ3) is 4.54. The van der Waals surface area contributed by atoms with Crippen molar-refractivity contribution >= 4 is 39.8 Å². The Morgan fingerprint density at radius 3 is 2.81 bits per heavy atom. The Kier molecular flexibility index (Phi) is 5.29. The molecule has 0 aromatic carbocycles. The predicted octanol–water partition coefficient (Wildman–Crippen LogP) is 2.94. The average molecular weight is 325 g/mol. The Bertz CT molecular complexity index is 610. The van der Waals surface area contributed by atoms with E-state index in [1.807, 2.05) is 29.8 Å². The van der Waals surface area contributed by atoms with Crippen LogP contribution in [0.4, 0.5) is 9.93 Å². The number of hydrogen-bond acceptors (Lipinski definition) is 6. The molecule has 2 aromatic rings. The van der Waals surface area contributed by atoms with Crippen molar-refractivity contribution < 1.29 is 14.3 Å². The molecule has 112 valence electrons. The standard InChI is InChI=1S/C13H15N3O3S2/c1-8-7-21-13(14-8)16-12(18)15-9(6-11(17)19-2)10-4-3-5-20-10/h3-5,7,9H,6H2,1-2H3,(H2,14,15,16,18). The number of carbonyl (C=O) groups excluding carboxylic acids is 2. The number of esters is 1. The SMILES string of the molecule is COC(=O)CC(NC(=O)Nc1nc(C)cs1)c1cccs1. The van der Waals surface area contributed by atoms with E-state index in [2.05, 4.69) is 20.4 Å². The maximum absolute atomic E-state index is 12.0. The molecular formula is C13H15N3O3S2. The Morgan fingerprint density at radius 2 is 2.24 bits per heavy atom. The van der Waals surface area contributed by atoms with E-state index in [1.54, 1.807) is 0 Å². The summed E-state index contributed by atoms with van der Waals surface area (Å²) < 4.78 is 4.67. The molecule has 0 fully saturated rings. The minimum absolute atomic E-state index is 0.0847. The number of rotatable bonds is 5. The lowest BCUT2D eigenvalue weighted by atomic mass is 10.2. The smallest absolute Gasteiger partial charge is 0.321 e. The van der Waals surface area contributed by atoms with E-state index < -0.39 is 12.1 Å². The van der Waals surface area contributed by atoms with Gasteiger partial charge >= 0.3 is 12.0 Å². The first-order valence-electron chi connectivity index (χ1n) is 6.18. The number of anilines is 1. The highest BCUT2D eigenvalue weighted by molar-refractivity contribution is 7.13. The maximum atomic E-state index is 12.0. The molecule has 1 atom stereocenters. The number of thiophene rings is 1. The molecule has 0 spiro atoms. The Hall–Kier alpha value is -1.93. The maximum Gasteiger partial charge on any atom is 0.321 e. The van der Waals surface area contributed by atoms with Gasteiger partial charge in [-0.25, -0.2) is 9.78 Å². The average Bonchev–Trinajstić information content (AvgIpc) is 3.09. The molecule has 2 rings (SSSR count). The Balaban J connectivity index is 2.00. The summed E-state index contributed by atoms with van der Waals surface area (Å²) in [7, 11) is 1.33. The third-order valence-electron chi connectivity index (χ3n) is 2.63. The second-order valence-electron chi connectivity index (χ2n) is 4.24. The zero-order valence-corrected chi connectivity index (χ0v) is 13.2. The topological polar surface area (TPSA) is 80.3 Å². The van der Waals surface area contributed by atoms with Crippen molar-refractivity contribution in [1.82, 2.24) is 10.3 Å². The molecule has 1 unspecified atom stereocenters. The minimum atomic E-state index is -0.418. The lowest BCUT2D eigenvalue weighted by molar-refractivity contribution is -0.141. The second-order valence-corrected chi connectivity index (χ2v) is 6.08. The van der Waals surface area contributed by atoms with Gasteiger partial charge in [0.15, 0.2) is 5.13 Å². The van der Waals surface area contributed by atoms with Crippen LogP contribution in [0.3, 0.4) is 0 Å². The second kappa shape index (κ2) is 7.19. The number of ether oxygens (including phenoxy) is 1. The van der Waals surface area contributed by atoms with Gasteiger partial charge in [0.2, 0.25) is 0 Å². The molecule has 21 heavy (non-hydrogen) atoms. The fourth-order valence-electron chi connectivity index (χ4n) is 1.67. The molecule has 0 bridgehead atoms. The zero-order valence-electron chi connectivity index (χ0n) is 11.6. The van der Waals surface area contributed by atoms with Crippen LogP contribution in [0, 0.1) is 6.92 Å². The summed E-state index contributed by atoms with van der Waals surface area (Å²) in [4.78, 5) is 28.5. The molecule has 0 saturated carbocycles. The molecule has 0 saturated heterocycles. The van der Waals surface area contributed by atoms with Crippen LogP contribution < -0.4 is 10.6 Å². The van der Waals surface area contributed by atoms with Crippen molar-refractivity contribution in [3.05, 3.63) is 33.5 Å². The van der Waals surface area contributed by atoms with Gasteiger partial charge in [0.1, 0.15) is 0 Å². The molecule has 0 aliphatic rings. The number of amides is 2. The number of aryl methyl sites for hydroxylation is 1. The third-order valence-corrected chi connectivity index (χ3v) is 4.49. The Labute approximate surface area is 130 Å². The lowest BCUT2D eigenvalue weighted by Gasteiger charge is -2.16. The molecule has 0 aliphatic heterocycles. The highest BCUT2D eigenvalue weighted by atomic mass is 32.1. The van der Waals surface area contributed by atoms with Gasteiger partial charge in [0, 0.05) is 10.3 Å². The summed E-state index contributed by atoms with van der Waals surface area (Å²) in [6.07, 6.45) is 0.0847. The van der Waals surface area contributed by atoms with Crippen LogP contribution in [0.25, 0.3) is 0 Å². The monoisotopic (exact) mass is 325 g/mol. The first-order valence-corrected chi connectivity index (χ1v) is 7.94. The van der Waals surface area contributed by atoms with Crippen LogP contribution in [0.2, 0.25) is 0 Å². The molecule has 0 aliphatic carbocycles. The van der Waals surface area contributed by atoms with Crippen LogP contribution in [-0.4, -0.2) is 24.1 Å². The van der Waals surface area contributed by atoms with Gasteiger partial charge in [-0.2, -0.15) is 0 Å². The fourth-order valence-corrected chi connectivity index (χ4v) is 3.13. The first-order chi connectivity index (χ1) is 10.1. The first kappa shape index (κ1) is 15.5. The summed E-state index contributed by atoms with van der Waals surface area (Å²) in [5, 5.41) is 9.69. The van der Waals surface area contributed by atoms with Crippen molar-refractivity contribution in [3.63, 3.8) is 0 Å². The normalized spacial score (nSPS) is 11.7. The number of methoxy groups -OCH3 is 1. The van der Waals surface area contributed by atoms with Crippen LogP contribution in [0.1, 0.15) is 23.0 Å². The van der Waals surface area contributed by atoms with E-state index in [-0.39, 0.29) is 12.4 Å². The molecule has 2 N–H and O–H groups in total. The van der Waals surface area contributed by atoms with Gasteiger partial charge in [-0.05, 0) is 18.4 Å². The van der Waals surface area contributed by atoms with E-state index in [9.17, 15) is 9.59 Å². The van der Waals surface area contributed by atoms with E-state index in [1.165, 1.54) is 29.8 Å². The van der Waals surface area contributed by atoms with Gasteiger partial charge in [-0.15, -0.1) is 22.7 Å². The quantitative estimate of drug-likeness (QED) is 0.828. The van der Waals surface area contributed by atoms with Crippen LogP contribution in [0.5, 0.6) is 0 Å². The highest BCUT2D eigenvalue weighted by Crippen LogP contribution is 2.23. The number of thiazole rings is 1. The van der Waals surface area contributed by atoms with Crippen molar-refractivity contribution in [2.75, 3.05) is 12.4 Å². The summed E-state index contributed by atoms with van der Waals surface area (Å²) >= 11 is 2.82.